The molecular weight excluding hydrogens is 849 g/mol. The first kappa shape index (κ1) is 42.2. The average molecular weight is 903 g/mol. The molecule has 0 spiro atoms. The largest absolute Gasteiger partial charge is 0.483 e. The van der Waals surface area contributed by atoms with Gasteiger partial charge in [-0.05, 0) is 68.8 Å². The topological polar surface area (TPSA) is 183 Å². The van der Waals surface area contributed by atoms with Gasteiger partial charge in [-0.2, -0.15) is 0 Å². The Kier molecular flexibility index (Phi) is 10.5. The molecule has 4 bridgehead atoms. The van der Waals surface area contributed by atoms with Crippen molar-refractivity contribution < 1.29 is 23.9 Å². The number of amides is 3. The number of imidazole rings is 2. The molecule has 6 heterocycles. The third kappa shape index (κ3) is 6.67. The van der Waals surface area contributed by atoms with Crippen LogP contribution in [-0.4, -0.2) is 97.0 Å². The maximum Gasteiger partial charge on any atom is 0.407 e. The van der Waals surface area contributed by atoms with Crippen LogP contribution in [0.1, 0.15) is 77.9 Å². The number of aromatic nitrogens is 6. The number of H-pyrrole nitrogens is 2. The molecule has 4 fully saturated rings. The second-order valence-corrected chi connectivity index (χ2v) is 20.4. The molecule has 2 aliphatic heterocycles. The van der Waals surface area contributed by atoms with Crippen molar-refractivity contribution in [2.75, 3.05) is 27.3 Å². The SMILES string of the molecule is C=C(N[C@H](C(=O)N1C[C@@H]2CC[C@@]1(c1ncc(-c3ccc(-c4ccc(-c5cnc([C@@]67CC[C@@H](CN6C(=O)[C@@H](NC(=O)OC)C(C)C)C7)[nH]5)c5scnc45)c4ncsc34)[nH]1)C2)C(C)C)OC. The molecule has 15 nitrogen and oxygen atoms in total. The highest BCUT2D eigenvalue weighted by Gasteiger charge is 2.58. The molecule has 2 aliphatic carbocycles. The number of carbonyl (C=O) groups excluding carboxylic acids is 3. The Morgan fingerprint density at radius 3 is 1.58 bits per heavy atom. The Balaban J connectivity index is 0.942. The van der Waals surface area contributed by atoms with Gasteiger partial charge in [0.2, 0.25) is 11.8 Å². The zero-order valence-corrected chi connectivity index (χ0v) is 38.6. The summed E-state index contributed by atoms with van der Waals surface area (Å²) < 4.78 is 12.2. The van der Waals surface area contributed by atoms with E-state index in [0.717, 1.165) is 104 Å². The molecule has 6 atom stereocenters. The van der Waals surface area contributed by atoms with Crippen molar-refractivity contribution in [2.45, 2.75) is 89.4 Å². The van der Waals surface area contributed by atoms with Gasteiger partial charge in [0.15, 0.2) is 5.88 Å². The van der Waals surface area contributed by atoms with E-state index in [4.69, 9.17) is 29.4 Å². The maximum absolute atomic E-state index is 14.2. The van der Waals surface area contributed by atoms with Gasteiger partial charge < -0.3 is 39.9 Å². The lowest BCUT2D eigenvalue weighted by Crippen LogP contribution is -2.56. The lowest BCUT2D eigenvalue weighted by Gasteiger charge is -2.40. The zero-order chi connectivity index (χ0) is 44.7. The van der Waals surface area contributed by atoms with Crippen LogP contribution in [0.4, 0.5) is 4.79 Å². The monoisotopic (exact) mass is 902 g/mol. The molecule has 2 saturated heterocycles. The van der Waals surface area contributed by atoms with Crippen molar-refractivity contribution in [2.24, 2.45) is 23.7 Å². The van der Waals surface area contributed by atoms with E-state index in [1.807, 2.05) is 60.9 Å². The number of likely N-dealkylation sites (tertiary alicyclic amines) is 2. The second-order valence-electron chi connectivity index (χ2n) is 18.7. The fourth-order valence-electron chi connectivity index (χ4n) is 11.1. The van der Waals surface area contributed by atoms with Gasteiger partial charge in [-0.1, -0.05) is 52.0 Å². The number of thiazole rings is 2. The van der Waals surface area contributed by atoms with E-state index in [2.05, 4.69) is 51.4 Å². The van der Waals surface area contributed by atoms with Gasteiger partial charge in [-0.3, -0.25) is 9.59 Å². The first-order chi connectivity index (χ1) is 30.8. The summed E-state index contributed by atoms with van der Waals surface area (Å²) in [5.74, 6) is 2.61. The van der Waals surface area contributed by atoms with Gasteiger partial charge >= 0.3 is 6.09 Å². The van der Waals surface area contributed by atoms with Crippen LogP contribution in [0.5, 0.6) is 0 Å². The number of piperidine rings is 2. The molecule has 6 aromatic rings. The number of alkyl carbamates (subject to hydrolysis) is 1. The van der Waals surface area contributed by atoms with E-state index in [1.165, 1.54) is 7.11 Å². The van der Waals surface area contributed by atoms with Gasteiger partial charge in [0.05, 0.1) is 69.5 Å². The quantitative estimate of drug-likeness (QED) is 0.0826. The second kappa shape index (κ2) is 16.0. The van der Waals surface area contributed by atoms with E-state index >= 15 is 0 Å². The van der Waals surface area contributed by atoms with Gasteiger partial charge in [-0.25, -0.2) is 24.7 Å². The number of nitrogens with zero attached hydrogens (tertiary/aromatic N) is 6. The maximum atomic E-state index is 14.2. The van der Waals surface area contributed by atoms with E-state index in [0.29, 0.717) is 30.8 Å². The van der Waals surface area contributed by atoms with Crippen LogP contribution in [0.25, 0.3) is 54.1 Å². The van der Waals surface area contributed by atoms with Gasteiger partial charge in [0, 0.05) is 35.3 Å². The van der Waals surface area contributed by atoms with Crippen LogP contribution in [0.3, 0.4) is 0 Å². The summed E-state index contributed by atoms with van der Waals surface area (Å²) in [4.78, 5) is 71.7. The molecule has 4 aromatic heterocycles. The van der Waals surface area contributed by atoms with Crippen molar-refractivity contribution >= 4 is 61.0 Å². The first-order valence-corrected chi connectivity index (χ1v) is 23.9. The van der Waals surface area contributed by atoms with E-state index in [1.54, 1.807) is 29.8 Å². The number of methoxy groups -OCH3 is 2. The number of hydrogen-bond donors (Lipinski definition) is 4. The Hall–Kier alpha value is -5.81. The molecule has 3 amide bonds. The highest BCUT2D eigenvalue weighted by atomic mass is 32.1. The first-order valence-electron chi connectivity index (χ1n) is 22.2. The van der Waals surface area contributed by atoms with Gasteiger partial charge in [0.1, 0.15) is 34.8 Å². The Labute approximate surface area is 379 Å². The van der Waals surface area contributed by atoms with Crippen LogP contribution in [0, 0.1) is 23.7 Å². The number of fused-ring (bicyclic) bond motifs is 6. The average Bonchev–Trinajstić information content (AvgIpc) is 4.15. The molecular formula is C47H54N10O5S2. The van der Waals surface area contributed by atoms with Crippen molar-refractivity contribution in [1.82, 2.24) is 50.3 Å². The predicted molar refractivity (Wildman–Crippen MR) is 247 cm³/mol. The van der Waals surface area contributed by atoms with Crippen molar-refractivity contribution in [3.8, 4) is 33.6 Å². The summed E-state index contributed by atoms with van der Waals surface area (Å²) in [6, 6.07) is 7.32. The van der Waals surface area contributed by atoms with Crippen LogP contribution >= 0.6 is 22.7 Å². The summed E-state index contributed by atoms with van der Waals surface area (Å²) in [6.07, 6.45) is 8.59. The molecule has 0 unspecified atom stereocenters. The number of rotatable bonds is 13. The Morgan fingerprint density at radius 2 is 1.16 bits per heavy atom. The fraction of sp³-hybridized carbons (Fsp3) is 0.468. The number of hydrogen-bond acceptors (Lipinski definition) is 12. The van der Waals surface area contributed by atoms with Crippen LogP contribution < -0.4 is 10.6 Å². The van der Waals surface area contributed by atoms with Gasteiger partial charge in [-0.15, -0.1) is 22.7 Å². The minimum Gasteiger partial charge on any atom is -0.483 e. The molecule has 334 valence electrons. The number of benzene rings is 2. The minimum absolute atomic E-state index is 0.0326. The summed E-state index contributed by atoms with van der Waals surface area (Å²) in [7, 11) is 2.86. The van der Waals surface area contributed by atoms with Crippen molar-refractivity contribution in [3.05, 3.63) is 71.8 Å². The molecule has 10 rings (SSSR count). The Morgan fingerprint density at radius 1 is 0.703 bits per heavy atom. The highest BCUT2D eigenvalue weighted by molar-refractivity contribution is 7.17. The van der Waals surface area contributed by atoms with Gasteiger partial charge in [0.25, 0.3) is 0 Å². The Bertz CT molecular complexity index is 2620. The molecule has 64 heavy (non-hydrogen) atoms. The molecule has 4 N–H and O–H groups in total. The summed E-state index contributed by atoms with van der Waals surface area (Å²) >= 11 is 3.17. The van der Waals surface area contributed by atoms with Crippen molar-refractivity contribution in [1.29, 1.82) is 0 Å². The third-order valence-electron chi connectivity index (χ3n) is 14.4. The van der Waals surface area contributed by atoms with Crippen molar-refractivity contribution in [3.63, 3.8) is 0 Å². The summed E-state index contributed by atoms with van der Waals surface area (Å²) in [5.41, 5.74) is 10.1. The predicted octanol–water partition coefficient (Wildman–Crippen LogP) is 8.14. The minimum atomic E-state index is -0.707. The number of nitrogens with one attached hydrogen (secondary N) is 4. The molecule has 4 aliphatic rings. The summed E-state index contributed by atoms with van der Waals surface area (Å²) in [5, 5.41) is 5.99. The lowest BCUT2D eigenvalue weighted by molar-refractivity contribution is -0.141. The fourth-order valence-corrected chi connectivity index (χ4v) is 12.8. The smallest absolute Gasteiger partial charge is 0.407 e. The molecule has 17 heteroatoms. The van der Waals surface area contributed by atoms with E-state index in [-0.39, 0.29) is 23.7 Å². The van der Waals surface area contributed by atoms with E-state index in [9.17, 15) is 14.4 Å². The molecule has 2 aromatic carbocycles. The third-order valence-corrected chi connectivity index (χ3v) is 16.1. The normalized spacial score (nSPS) is 23.4. The number of carbonyl (C=O) groups is 3. The van der Waals surface area contributed by atoms with E-state index < -0.39 is 29.3 Å². The van der Waals surface area contributed by atoms with Crippen LogP contribution in [0.15, 0.2) is 60.1 Å². The molecule has 0 radical (unpaired) electrons. The standard InChI is InChI=1S/C47H54N10O5S2/c1-24(2)35(52-26(5)61-6)41(58)56-20-27-12-14-46(56,16-27)43-48-18-33(53-43)31-10-8-29(37-39(31)63-22-50-37)30-9-11-32(40-38(30)51-23-64-40)34-19-49-44(54-34)47-15-13-28(17-47)21-57(47)42(59)36(25(3)4)55-45(60)62-7/h8-11,18-19,22-25,27-28,35-36,52H,5,12-17,20-21H2,1-4,6-7H3,(H,48,53)(H,49,54)(H,55,60)/t27-,28-,35+,36+,46+,47+/m1/s1. The molecule has 2 saturated carbocycles. The number of ether oxygens (including phenoxy) is 2. The lowest BCUT2D eigenvalue weighted by atomic mass is 9.93. The van der Waals surface area contributed by atoms with Crippen LogP contribution in [-0.2, 0) is 30.1 Å². The highest BCUT2D eigenvalue weighted by Crippen LogP contribution is 2.54. The zero-order valence-electron chi connectivity index (χ0n) is 37.0. The number of aromatic amines is 2. The van der Waals surface area contributed by atoms with Crippen LogP contribution in [0.2, 0.25) is 0 Å². The summed E-state index contributed by atoms with van der Waals surface area (Å²) in [6.45, 7) is 13.2.